The second-order valence-electron chi connectivity index (χ2n) is 5.19. The highest BCUT2D eigenvalue weighted by molar-refractivity contribution is 5.78. The molecule has 2 rings (SSSR count). The molecule has 0 atom stereocenters. The van der Waals surface area contributed by atoms with Crippen molar-refractivity contribution in [1.82, 2.24) is 15.3 Å². The van der Waals surface area contributed by atoms with Crippen molar-refractivity contribution < 1.29 is 4.79 Å². The molecule has 6 heteroatoms. The molecule has 1 aromatic heterocycles. The van der Waals surface area contributed by atoms with Crippen molar-refractivity contribution in [2.45, 2.75) is 26.7 Å². The number of rotatable bonds is 3. The van der Waals surface area contributed by atoms with Crippen molar-refractivity contribution in [2.75, 3.05) is 37.4 Å². The number of amides is 1. The van der Waals surface area contributed by atoms with Crippen LogP contribution < -0.4 is 15.5 Å². The Hall–Kier alpha value is -1.85. The molecule has 0 aliphatic carbocycles. The van der Waals surface area contributed by atoms with Gasteiger partial charge in [0.25, 0.3) is 0 Å². The van der Waals surface area contributed by atoms with Crippen molar-refractivity contribution in [2.24, 2.45) is 5.92 Å². The van der Waals surface area contributed by atoms with Gasteiger partial charge >= 0.3 is 0 Å². The maximum atomic E-state index is 11.7. The smallest absolute Gasteiger partial charge is 0.222 e. The second-order valence-corrected chi connectivity index (χ2v) is 5.19. The lowest BCUT2D eigenvalue weighted by atomic mass is 9.96. The van der Waals surface area contributed by atoms with Crippen molar-refractivity contribution in [1.29, 1.82) is 0 Å². The molecule has 1 aliphatic heterocycles. The number of carbonyl (C=O) groups is 1. The van der Waals surface area contributed by atoms with Crippen molar-refractivity contribution in [3.8, 4) is 0 Å². The van der Waals surface area contributed by atoms with Crippen LogP contribution in [0.2, 0.25) is 0 Å². The van der Waals surface area contributed by atoms with E-state index in [9.17, 15) is 4.79 Å². The molecule has 0 saturated carbocycles. The third-order valence-corrected chi connectivity index (χ3v) is 3.88. The van der Waals surface area contributed by atoms with Gasteiger partial charge < -0.3 is 15.5 Å². The van der Waals surface area contributed by atoms with Crippen LogP contribution in [0.5, 0.6) is 0 Å². The standard InChI is InChI=1S/C14H23N5O/c1-9-12(15-3)17-10(2)18-13(9)19-7-5-11(6-8-19)14(20)16-4/h11H,5-8H2,1-4H3,(H,16,20)(H,15,17,18). The summed E-state index contributed by atoms with van der Waals surface area (Å²) in [5.74, 6) is 2.90. The van der Waals surface area contributed by atoms with E-state index >= 15 is 0 Å². The van der Waals surface area contributed by atoms with Crippen LogP contribution in [-0.2, 0) is 4.79 Å². The average Bonchev–Trinajstić information content (AvgIpc) is 2.48. The number of hydrogen-bond donors (Lipinski definition) is 2. The predicted octanol–water partition coefficient (Wildman–Crippen LogP) is 1.10. The molecule has 0 bridgehead atoms. The molecule has 0 spiro atoms. The number of hydrogen-bond acceptors (Lipinski definition) is 5. The average molecular weight is 277 g/mol. The van der Waals surface area contributed by atoms with E-state index in [4.69, 9.17) is 0 Å². The highest BCUT2D eigenvalue weighted by atomic mass is 16.1. The first-order valence-electron chi connectivity index (χ1n) is 7.06. The lowest BCUT2D eigenvalue weighted by molar-refractivity contribution is -0.125. The van der Waals surface area contributed by atoms with E-state index in [1.165, 1.54) is 0 Å². The van der Waals surface area contributed by atoms with Gasteiger partial charge in [0.05, 0.1) is 0 Å². The summed E-state index contributed by atoms with van der Waals surface area (Å²) >= 11 is 0. The van der Waals surface area contributed by atoms with Crippen LogP contribution in [0, 0.1) is 19.8 Å². The summed E-state index contributed by atoms with van der Waals surface area (Å²) in [5, 5.41) is 5.84. The van der Waals surface area contributed by atoms with Gasteiger partial charge in [0.1, 0.15) is 17.5 Å². The minimum atomic E-state index is 0.128. The first-order chi connectivity index (χ1) is 9.56. The minimum absolute atomic E-state index is 0.128. The fourth-order valence-electron chi connectivity index (χ4n) is 2.72. The maximum Gasteiger partial charge on any atom is 0.222 e. The third-order valence-electron chi connectivity index (χ3n) is 3.88. The Labute approximate surface area is 120 Å². The molecule has 110 valence electrons. The Morgan fingerprint density at radius 1 is 1.20 bits per heavy atom. The van der Waals surface area contributed by atoms with E-state index in [0.717, 1.165) is 49.0 Å². The van der Waals surface area contributed by atoms with E-state index < -0.39 is 0 Å². The summed E-state index contributed by atoms with van der Waals surface area (Å²) in [7, 11) is 3.57. The van der Waals surface area contributed by atoms with Crippen LogP contribution in [0.25, 0.3) is 0 Å². The Balaban J connectivity index is 2.15. The number of piperidine rings is 1. The lowest BCUT2D eigenvalue weighted by Crippen LogP contribution is -2.40. The number of nitrogens with one attached hydrogen (secondary N) is 2. The highest BCUT2D eigenvalue weighted by Crippen LogP contribution is 2.27. The maximum absolute atomic E-state index is 11.7. The lowest BCUT2D eigenvalue weighted by Gasteiger charge is -2.33. The Kier molecular flexibility index (Phi) is 4.42. The van der Waals surface area contributed by atoms with Gasteiger partial charge in [-0.15, -0.1) is 0 Å². The third kappa shape index (κ3) is 2.84. The van der Waals surface area contributed by atoms with Gasteiger partial charge in [0.15, 0.2) is 0 Å². The van der Waals surface area contributed by atoms with Crippen LogP contribution in [-0.4, -0.2) is 43.1 Å². The minimum Gasteiger partial charge on any atom is -0.373 e. The largest absolute Gasteiger partial charge is 0.373 e. The fraction of sp³-hybridized carbons (Fsp3) is 0.643. The predicted molar refractivity (Wildman–Crippen MR) is 80.1 cm³/mol. The van der Waals surface area contributed by atoms with Gasteiger partial charge in [0.2, 0.25) is 5.91 Å². The van der Waals surface area contributed by atoms with Gasteiger partial charge in [-0.25, -0.2) is 9.97 Å². The molecule has 0 radical (unpaired) electrons. The van der Waals surface area contributed by atoms with E-state index in [1.54, 1.807) is 7.05 Å². The number of carbonyl (C=O) groups excluding carboxylic acids is 1. The highest BCUT2D eigenvalue weighted by Gasteiger charge is 2.26. The number of aromatic nitrogens is 2. The van der Waals surface area contributed by atoms with Gasteiger partial charge in [-0.05, 0) is 26.7 Å². The zero-order valence-electron chi connectivity index (χ0n) is 12.7. The molecular formula is C14H23N5O. The molecule has 6 nitrogen and oxygen atoms in total. The van der Waals surface area contributed by atoms with E-state index in [1.807, 2.05) is 20.9 Å². The first-order valence-corrected chi connectivity index (χ1v) is 7.06. The normalized spacial score (nSPS) is 16.1. The van der Waals surface area contributed by atoms with E-state index in [2.05, 4.69) is 25.5 Å². The molecule has 1 saturated heterocycles. The Morgan fingerprint density at radius 3 is 2.40 bits per heavy atom. The molecule has 1 fully saturated rings. The van der Waals surface area contributed by atoms with Crippen LogP contribution in [0.15, 0.2) is 0 Å². The topological polar surface area (TPSA) is 70.2 Å². The summed E-state index contributed by atoms with van der Waals surface area (Å²) in [6.45, 7) is 5.66. The van der Waals surface area contributed by atoms with Crippen LogP contribution in [0.1, 0.15) is 24.2 Å². The Bertz CT molecular complexity index is 495. The van der Waals surface area contributed by atoms with Gasteiger partial charge in [-0.2, -0.15) is 0 Å². The van der Waals surface area contributed by atoms with Gasteiger partial charge in [0, 0.05) is 38.7 Å². The molecule has 1 amide bonds. The summed E-state index contributed by atoms with van der Waals surface area (Å²) in [6.07, 6.45) is 1.74. The molecule has 0 aromatic carbocycles. The molecule has 1 aromatic rings. The fourth-order valence-corrected chi connectivity index (χ4v) is 2.72. The second kappa shape index (κ2) is 6.07. The summed E-state index contributed by atoms with van der Waals surface area (Å²) in [6, 6.07) is 0. The molecule has 1 aliphatic rings. The van der Waals surface area contributed by atoms with E-state index in [0.29, 0.717) is 0 Å². The number of anilines is 2. The summed E-state index contributed by atoms with van der Waals surface area (Å²) < 4.78 is 0. The van der Waals surface area contributed by atoms with Gasteiger partial charge in [-0.1, -0.05) is 0 Å². The van der Waals surface area contributed by atoms with E-state index in [-0.39, 0.29) is 11.8 Å². The Morgan fingerprint density at radius 2 is 1.85 bits per heavy atom. The quantitative estimate of drug-likeness (QED) is 0.865. The van der Waals surface area contributed by atoms with Crippen molar-refractivity contribution in [3.05, 3.63) is 11.4 Å². The SMILES string of the molecule is CNC(=O)C1CCN(c2nc(C)nc(NC)c2C)CC1. The molecule has 20 heavy (non-hydrogen) atoms. The zero-order valence-corrected chi connectivity index (χ0v) is 12.7. The number of aryl methyl sites for hydroxylation is 1. The molecule has 2 N–H and O–H groups in total. The first kappa shape index (κ1) is 14.6. The molecule has 0 unspecified atom stereocenters. The van der Waals surface area contributed by atoms with Crippen LogP contribution >= 0.6 is 0 Å². The zero-order chi connectivity index (χ0) is 14.7. The number of nitrogens with zero attached hydrogens (tertiary/aromatic N) is 3. The summed E-state index contributed by atoms with van der Waals surface area (Å²) in [5.41, 5.74) is 1.07. The molecule has 2 heterocycles. The van der Waals surface area contributed by atoms with Crippen LogP contribution in [0.3, 0.4) is 0 Å². The van der Waals surface area contributed by atoms with Crippen molar-refractivity contribution >= 4 is 17.5 Å². The van der Waals surface area contributed by atoms with Gasteiger partial charge in [-0.3, -0.25) is 4.79 Å². The van der Waals surface area contributed by atoms with Crippen LogP contribution in [0.4, 0.5) is 11.6 Å². The summed E-state index contributed by atoms with van der Waals surface area (Å²) in [4.78, 5) is 22.9. The van der Waals surface area contributed by atoms with Crippen molar-refractivity contribution in [3.63, 3.8) is 0 Å². The monoisotopic (exact) mass is 277 g/mol. The molecular weight excluding hydrogens is 254 g/mol.